The molecule has 7 nitrogen and oxygen atoms in total. The van der Waals surface area contributed by atoms with E-state index in [0.717, 1.165) is 0 Å². The van der Waals surface area contributed by atoms with E-state index >= 15 is 0 Å². The molecule has 0 aliphatic heterocycles. The SMILES string of the molecule is COc1ccc(Nc2cnnc(Nc3cc(Cl)ccc3Cl)n2)c(OC)c1. The molecule has 9 heteroatoms. The van der Waals surface area contributed by atoms with Crippen molar-refractivity contribution in [1.82, 2.24) is 15.2 Å². The first-order chi connectivity index (χ1) is 12.6. The number of nitrogens with zero attached hydrogens (tertiary/aromatic N) is 3. The van der Waals surface area contributed by atoms with Gasteiger partial charge in [0.25, 0.3) is 0 Å². The zero-order valence-electron chi connectivity index (χ0n) is 14.0. The molecule has 0 saturated carbocycles. The van der Waals surface area contributed by atoms with Crippen molar-refractivity contribution in [3.63, 3.8) is 0 Å². The molecule has 3 aromatic rings. The van der Waals surface area contributed by atoms with Gasteiger partial charge in [-0.1, -0.05) is 23.2 Å². The number of anilines is 4. The normalized spacial score (nSPS) is 10.3. The molecule has 0 aliphatic rings. The summed E-state index contributed by atoms with van der Waals surface area (Å²) in [5.41, 5.74) is 1.29. The molecule has 0 saturated heterocycles. The van der Waals surface area contributed by atoms with E-state index in [-0.39, 0.29) is 5.95 Å². The van der Waals surface area contributed by atoms with Crippen LogP contribution in [0.15, 0.2) is 42.6 Å². The Morgan fingerprint density at radius 3 is 2.54 bits per heavy atom. The summed E-state index contributed by atoms with van der Waals surface area (Å²) in [5.74, 6) is 2.04. The van der Waals surface area contributed by atoms with Crippen molar-refractivity contribution in [2.24, 2.45) is 0 Å². The fourth-order valence-corrected chi connectivity index (χ4v) is 2.51. The lowest BCUT2D eigenvalue weighted by molar-refractivity contribution is 0.395. The van der Waals surface area contributed by atoms with Crippen molar-refractivity contribution >= 4 is 46.3 Å². The van der Waals surface area contributed by atoms with Gasteiger partial charge in [-0.15, -0.1) is 5.10 Å². The zero-order chi connectivity index (χ0) is 18.5. The molecule has 26 heavy (non-hydrogen) atoms. The molecule has 1 aromatic heterocycles. The Bertz CT molecular complexity index is 923. The van der Waals surface area contributed by atoms with Crippen LogP contribution in [-0.4, -0.2) is 29.4 Å². The summed E-state index contributed by atoms with van der Waals surface area (Å²) >= 11 is 12.1. The monoisotopic (exact) mass is 391 g/mol. The summed E-state index contributed by atoms with van der Waals surface area (Å²) < 4.78 is 10.5. The highest BCUT2D eigenvalue weighted by Gasteiger charge is 2.09. The second-order valence-electron chi connectivity index (χ2n) is 5.11. The van der Waals surface area contributed by atoms with Crippen molar-refractivity contribution in [2.75, 3.05) is 24.9 Å². The molecule has 0 unspecified atom stereocenters. The van der Waals surface area contributed by atoms with Crippen LogP contribution in [0.1, 0.15) is 0 Å². The van der Waals surface area contributed by atoms with Gasteiger partial charge in [0.2, 0.25) is 5.95 Å². The molecule has 3 rings (SSSR count). The van der Waals surface area contributed by atoms with Crippen LogP contribution in [0.4, 0.5) is 23.1 Å². The Morgan fingerprint density at radius 2 is 1.77 bits per heavy atom. The number of halogens is 2. The molecule has 0 fully saturated rings. The molecule has 134 valence electrons. The first-order valence-corrected chi connectivity index (χ1v) is 8.25. The highest BCUT2D eigenvalue weighted by Crippen LogP contribution is 2.31. The van der Waals surface area contributed by atoms with E-state index in [2.05, 4.69) is 25.8 Å². The number of ether oxygens (including phenoxy) is 2. The third-order valence-corrected chi connectivity index (χ3v) is 3.97. The van der Waals surface area contributed by atoms with Gasteiger partial charge in [0.05, 0.1) is 36.8 Å². The van der Waals surface area contributed by atoms with Gasteiger partial charge >= 0.3 is 0 Å². The number of methoxy groups -OCH3 is 2. The van der Waals surface area contributed by atoms with Crippen LogP contribution >= 0.6 is 23.2 Å². The van der Waals surface area contributed by atoms with Gasteiger partial charge in [-0.05, 0) is 30.3 Å². The Hall–Kier alpha value is -2.77. The quantitative estimate of drug-likeness (QED) is 0.630. The van der Waals surface area contributed by atoms with Crippen LogP contribution in [0.5, 0.6) is 11.5 Å². The standard InChI is InChI=1S/C17H15Cl2N5O2/c1-25-11-4-6-13(15(8-11)26-2)21-16-9-20-24-17(23-16)22-14-7-10(18)3-5-12(14)19/h3-9H,1-2H3,(H2,21,22,23,24). The van der Waals surface area contributed by atoms with Gasteiger partial charge < -0.3 is 20.1 Å². The third kappa shape index (κ3) is 4.25. The van der Waals surface area contributed by atoms with Crippen LogP contribution < -0.4 is 20.1 Å². The smallest absolute Gasteiger partial charge is 0.249 e. The van der Waals surface area contributed by atoms with Crippen molar-refractivity contribution < 1.29 is 9.47 Å². The maximum absolute atomic E-state index is 6.14. The van der Waals surface area contributed by atoms with Gasteiger partial charge in [0, 0.05) is 11.1 Å². The maximum atomic E-state index is 6.14. The second-order valence-corrected chi connectivity index (χ2v) is 5.95. The summed E-state index contributed by atoms with van der Waals surface area (Å²) in [7, 11) is 3.17. The first-order valence-electron chi connectivity index (χ1n) is 7.50. The summed E-state index contributed by atoms with van der Waals surface area (Å²) in [5, 5.41) is 15.1. The summed E-state index contributed by atoms with van der Waals surface area (Å²) in [6.07, 6.45) is 1.49. The second kappa shape index (κ2) is 8.07. The van der Waals surface area contributed by atoms with E-state index in [0.29, 0.717) is 38.7 Å². The number of hydrogen-bond donors (Lipinski definition) is 2. The van der Waals surface area contributed by atoms with Crippen LogP contribution in [0.3, 0.4) is 0 Å². The summed E-state index contributed by atoms with van der Waals surface area (Å²) in [6.45, 7) is 0. The molecule has 2 N–H and O–H groups in total. The Labute approximate surface area is 160 Å². The van der Waals surface area contributed by atoms with Gasteiger partial charge in [-0.2, -0.15) is 10.1 Å². The van der Waals surface area contributed by atoms with E-state index < -0.39 is 0 Å². The van der Waals surface area contributed by atoms with E-state index in [1.807, 2.05) is 12.1 Å². The lowest BCUT2D eigenvalue weighted by Gasteiger charge is -2.12. The van der Waals surface area contributed by atoms with Crippen molar-refractivity contribution in [3.05, 3.63) is 52.6 Å². The van der Waals surface area contributed by atoms with Gasteiger partial charge in [-0.3, -0.25) is 0 Å². The third-order valence-electron chi connectivity index (χ3n) is 3.41. The molecular formula is C17H15Cl2N5O2. The van der Waals surface area contributed by atoms with E-state index in [1.165, 1.54) is 6.20 Å². The summed E-state index contributed by atoms with van der Waals surface area (Å²) in [6, 6.07) is 10.5. The van der Waals surface area contributed by atoms with Crippen molar-refractivity contribution in [1.29, 1.82) is 0 Å². The minimum atomic E-state index is 0.270. The number of benzene rings is 2. The molecule has 0 spiro atoms. The van der Waals surface area contributed by atoms with Gasteiger partial charge in [0.1, 0.15) is 11.5 Å². The van der Waals surface area contributed by atoms with Crippen LogP contribution in [-0.2, 0) is 0 Å². The van der Waals surface area contributed by atoms with Gasteiger partial charge in [-0.25, -0.2) is 0 Å². The Balaban J connectivity index is 1.83. The molecule has 0 amide bonds. The fraction of sp³-hybridized carbons (Fsp3) is 0.118. The lowest BCUT2D eigenvalue weighted by atomic mass is 10.2. The highest BCUT2D eigenvalue weighted by atomic mass is 35.5. The molecular weight excluding hydrogens is 377 g/mol. The molecule has 0 bridgehead atoms. The maximum Gasteiger partial charge on any atom is 0.249 e. The predicted octanol–water partition coefficient (Wildman–Crippen LogP) is 4.68. The average molecular weight is 392 g/mol. The van der Waals surface area contributed by atoms with E-state index in [1.54, 1.807) is 38.5 Å². The topological polar surface area (TPSA) is 81.2 Å². The van der Waals surface area contributed by atoms with Crippen LogP contribution in [0.25, 0.3) is 0 Å². The van der Waals surface area contributed by atoms with E-state index in [9.17, 15) is 0 Å². The highest BCUT2D eigenvalue weighted by molar-refractivity contribution is 6.35. The first kappa shape index (κ1) is 18.0. The predicted molar refractivity (Wildman–Crippen MR) is 102 cm³/mol. The minimum Gasteiger partial charge on any atom is -0.497 e. The lowest BCUT2D eigenvalue weighted by Crippen LogP contribution is -2.03. The number of aromatic nitrogens is 3. The van der Waals surface area contributed by atoms with E-state index in [4.69, 9.17) is 32.7 Å². The fourth-order valence-electron chi connectivity index (χ4n) is 2.17. The number of nitrogens with one attached hydrogen (secondary N) is 2. The van der Waals surface area contributed by atoms with Crippen LogP contribution in [0.2, 0.25) is 10.0 Å². The van der Waals surface area contributed by atoms with Gasteiger partial charge in [0.15, 0.2) is 5.82 Å². The molecule has 0 atom stereocenters. The molecule has 2 aromatic carbocycles. The van der Waals surface area contributed by atoms with Crippen LogP contribution in [0, 0.1) is 0 Å². The Morgan fingerprint density at radius 1 is 0.923 bits per heavy atom. The molecule has 1 heterocycles. The minimum absolute atomic E-state index is 0.270. The molecule has 0 radical (unpaired) electrons. The van der Waals surface area contributed by atoms with Crippen molar-refractivity contribution in [3.8, 4) is 11.5 Å². The zero-order valence-corrected chi connectivity index (χ0v) is 15.5. The number of hydrogen-bond acceptors (Lipinski definition) is 7. The van der Waals surface area contributed by atoms with Crippen molar-refractivity contribution in [2.45, 2.75) is 0 Å². The largest absolute Gasteiger partial charge is 0.497 e. The average Bonchev–Trinajstić information content (AvgIpc) is 2.65. The molecule has 0 aliphatic carbocycles. The summed E-state index contributed by atoms with van der Waals surface area (Å²) in [4.78, 5) is 4.37. The number of rotatable bonds is 6. The Kier molecular flexibility index (Phi) is 5.60.